The van der Waals surface area contributed by atoms with Gasteiger partial charge in [0.15, 0.2) is 0 Å². The lowest BCUT2D eigenvalue weighted by Gasteiger charge is -2.12. The summed E-state index contributed by atoms with van der Waals surface area (Å²) in [7, 11) is 0. The Morgan fingerprint density at radius 3 is 2.64 bits per heavy atom. The van der Waals surface area contributed by atoms with Gasteiger partial charge in [-0.2, -0.15) is 0 Å². The summed E-state index contributed by atoms with van der Waals surface area (Å²) in [4.78, 5) is 0. The molecule has 0 nitrogen and oxygen atoms in total. The predicted octanol–water partition coefficient (Wildman–Crippen LogP) is 4.02. The molecule has 0 aliphatic rings. The van der Waals surface area contributed by atoms with E-state index in [4.69, 9.17) is 11.6 Å². The minimum Gasteiger partial charge on any atom is -0.207 e. The summed E-state index contributed by atoms with van der Waals surface area (Å²) in [5, 5.41) is 0.193. The van der Waals surface area contributed by atoms with Crippen LogP contribution >= 0.6 is 11.6 Å². The van der Waals surface area contributed by atoms with E-state index >= 15 is 0 Å². The van der Waals surface area contributed by atoms with Crippen molar-refractivity contribution in [1.82, 2.24) is 0 Å². The molecule has 0 bridgehead atoms. The molecule has 2 unspecified atom stereocenters. The zero-order valence-corrected chi connectivity index (χ0v) is 9.39. The van der Waals surface area contributed by atoms with Crippen LogP contribution in [-0.2, 0) is 6.42 Å². The maximum absolute atomic E-state index is 12.9. The maximum Gasteiger partial charge on any atom is 0.123 e. The molecule has 1 rings (SSSR count). The van der Waals surface area contributed by atoms with Crippen molar-refractivity contribution in [3.8, 4) is 0 Å². The van der Waals surface area contributed by atoms with Crippen LogP contribution in [0.1, 0.15) is 25.8 Å². The van der Waals surface area contributed by atoms with Gasteiger partial charge in [-0.15, -0.1) is 11.6 Å². The number of hydrogen-bond donors (Lipinski definition) is 0. The van der Waals surface area contributed by atoms with Gasteiger partial charge >= 0.3 is 0 Å². The molecule has 0 aliphatic heterocycles. The Morgan fingerprint density at radius 1 is 1.36 bits per heavy atom. The van der Waals surface area contributed by atoms with Gasteiger partial charge in [-0.3, -0.25) is 0 Å². The highest BCUT2D eigenvalue weighted by Crippen LogP contribution is 2.16. The van der Waals surface area contributed by atoms with Crippen molar-refractivity contribution in [2.24, 2.45) is 5.92 Å². The van der Waals surface area contributed by atoms with Crippen molar-refractivity contribution < 1.29 is 4.39 Å². The van der Waals surface area contributed by atoms with Crippen LogP contribution in [0.5, 0.6) is 0 Å². The molecule has 0 saturated heterocycles. The standard InChI is InChI=1S/C12H16ClF/c1-9(6-10(2)13)7-11-4-3-5-12(14)8-11/h3-5,8-10H,6-7H2,1-2H3. The Balaban J connectivity index is 2.51. The van der Waals surface area contributed by atoms with Gasteiger partial charge in [0, 0.05) is 5.38 Å². The molecule has 0 amide bonds. The third-order valence-electron chi connectivity index (χ3n) is 2.20. The first-order valence-electron chi connectivity index (χ1n) is 4.96. The van der Waals surface area contributed by atoms with Crippen LogP contribution in [0.3, 0.4) is 0 Å². The van der Waals surface area contributed by atoms with Crippen molar-refractivity contribution in [2.45, 2.75) is 32.1 Å². The van der Waals surface area contributed by atoms with E-state index < -0.39 is 0 Å². The van der Waals surface area contributed by atoms with Crippen molar-refractivity contribution in [3.05, 3.63) is 35.6 Å². The van der Waals surface area contributed by atoms with Crippen LogP contribution in [0.4, 0.5) is 4.39 Å². The fraction of sp³-hybridized carbons (Fsp3) is 0.500. The monoisotopic (exact) mass is 214 g/mol. The van der Waals surface area contributed by atoms with Crippen LogP contribution in [-0.4, -0.2) is 5.38 Å². The predicted molar refractivity (Wildman–Crippen MR) is 59.2 cm³/mol. The second-order valence-corrected chi connectivity index (χ2v) is 4.70. The Bertz CT molecular complexity index is 283. The van der Waals surface area contributed by atoms with Crippen LogP contribution in [0, 0.1) is 11.7 Å². The third-order valence-corrected chi connectivity index (χ3v) is 2.38. The highest BCUT2D eigenvalue weighted by molar-refractivity contribution is 6.20. The average Bonchev–Trinajstić information content (AvgIpc) is 2.01. The highest BCUT2D eigenvalue weighted by atomic mass is 35.5. The summed E-state index contributed by atoms with van der Waals surface area (Å²) in [6, 6.07) is 6.77. The first-order valence-corrected chi connectivity index (χ1v) is 5.40. The van der Waals surface area contributed by atoms with Gasteiger partial charge in [-0.1, -0.05) is 19.1 Å². The average molecular weight is 215 g/mol. The van der Waals surface area contributed by atoms with E-state index in [2.05, 4.69) is 6.92 Å². The van der Waals surface area contributed by atoms with Gasteiger partial charge in [0.1, 0.15) is 5.82 Å². The molecular weight excluding hydrogens is 199 g/mol. The summed E-state index contributed by atoms with van der Waals surface area (Å²) in [5.41, 5.74) is 1.05. The molecule has 2 heteroatoms. The summed E-state index contributed by atoms with van der Waals surface area (Å²) in [6.45, 7) is 4.13. The summed E-state index contributed by atoms with van der Waals surface area (Å²) < 4.78 is 12.9. The largest absolute Gasteiger partial charge is 0.207 e. The van der Waals surface area contributed by atoms with Gasteiger partial charge in [0.25, 0.3) is 0 Å². The lowest BCUT2D eigenvalue weighted by molar-refractivity contribution is 0.524. The molecule has 0 fully saturated rings. The summed E-state index contributed by atoms with van der Waals surface area (Å²) in [6.07, 6.45) is 1.87. The zero-order valence-electron chi connectivity index (χ0n) is 8.63. The van der Waals surface area contributed by atoms with E-state index in [9.17, 15) is 4.39 Å². The number of hydrogen-bond acceptors (Lipinski definition) is 0. The quantitative estimate of drug-likeness (QED) is 0.665. The van der Waals surface area contributed by atoms with Gasteiger partial charge in [0.2, 0.25) is 0 Å². The van der Waals surface area contributed by atoms with Crippen LogP contribution in [0.15, 0.2) is 24.3 Å². The molecule has 0 heterocycles. The number of halogens is 2. The SMILES string of the molecule is CC(Cl)CC(C)Cc1cccc(F)c1. The molecule has 0 N–H and O–H groups in total. The lowest BCUT2D eigenvalue weighted by atomic mass is 9.97. The van der Waals surface area contributed by atoms with E-state index in [-0.39, 0.29) is 11.2 Å². The van der Waals surface area contributed by atoms with Gasteiger partial charge < -0.3 is 0 Å². The molecule has 2 atom stereocenters. The topological polar surface area (TPSA) is 0 Å². The molecule has 78 valence electrons. The van der Waals surface area contributed by atoms with E-state index in [1.165, 1.54) is 6.07 Å². The first kappa shape index (κ1) is 11.5. The van der Waals surface area contributed by atoms with E-state index in [0.717, 1.165) is 18.4 Å². The smallest absolute Gasteiger partial charge is 0.123 e. The minimum absolute atomic E-state index is 0.159. The van der Waals surface area contributed by atoms with E-state index in [1.54, 1.807) is 12.1 Å². The van der Waals surface area contributed by atoms with Crippen molar-refractivity contribution >= 4 is 11.6 Å². The second-order valence-electron chi connectivity index (χ2n) is 3.96. The minimum atomic E-state index is -0.159. The van der Waals surface area contributed by atoms with Crippen LogP contribution < -0.4 is 0 Å². The Morgan fingerprint density at radius 2 is 2.07 bits per heavy atom. The van der Waals surface area contributed by atoms with Gasteiger partial charge in [0.05, 0.1) is 0 Å². The molecule has 0 aromatic heterocycles. The molecule has 0 radical (unpaired) electrons. The molecule has 14 heavy (non-hydrogen) atoms. The summed E-state index contributed by atoms with van der Waals surface area (Å²) in [5.74, 6) is 0.345. The maximum atomic E-state index is 12.9. The number of benzene rings is 1. The molecule has 1 aromatic rings. The fourth-order valence-corrected chi connectivity index (χ4v) is 2.01. The second kappa shape index (κ2) is 5.35. The fourth-order valence-electron chi connectivity index (χ4n) is 1.70. The van der Waals surface area contributed by atoms with Gasteiger partial charge in [-0.05, 0) is 43.4 Å². The Labute approximate surface area is 90.1 Å². The molecule has 1 aromatic carbocycles. The highest BCUT2D eigenvalue weighted by Gasteiger charge is 2.07. The Kier molecular flexibility index (Phi) is 4.40. The van der Waals surface area contributed by atoms with Crippen molar-refractivity contribution in [1.29, 1.82) is 0 Å². The Hall–Kier alpha value is -0.560. The molecule has 0 spiro atoms. The van der Waals surface area contributed by atoms with Gasteiger partial charge in [-0.25, -0.2) is 4.39 Å². The van der Waals surface area contributed by atoms with Crippen LogP contribution in [0.25, 0.3) is 0 Å². The van der Waals surface area contributed by atoms with E-state index in [1.807, 2.05) is 13.0 Å². The lowest BCUT2D eigenvalue weighted by Crippen LogP contribution is -2.05. The molecule has 0 saturated carbocycles. The number of alkyl halides is 1. The van der Waals surface area contributed by atoms with Crippen molar-refractivity contribution in [3.63, 3.8) is 0 Å². The summed E-state index contributed by atoms with van der Waals surface area (Å²) >= 11 is 5.90. The van der Waals surface area contributed by atoms with E-state index in [0.29, 0.717) is 5.92 Å². The normalized spacial score (nSPS) is 15.1. The van der Waals surface area contributed by atoms with Crippen molar-refractivity contribution in [2.75, 3.05) is 0 Å². The molecule has 0 aliphatic carbocycles. The third kappa shape index (κ3) is 4.10. The molecular formula is C12H16ClF. The zero-order chi connectivity index (χ0) is 10.6. The first-order chi connectivity index (χ1) is 6.58. The van der Waals surface area contributed by atoms with Crippen LogP contribution in [0.2, 0.25) is 0 Å². The number of rotatable bonds is 4.